The fraction of sp³-hybridized carbons (Fsp3) is 0.267. The lowest BCUT2D eigenvalue weighted by Crippen LogP contribution is -2.39. The van der Waals surface area contributed by atoms with Gasteiger partial charge in [0.1, 0.15) is 5.69 Å². The second-order valence-corrected chi connectivity index (χ2v) is 9.64. The lowest BCUT2D eigenvalue weighted by molar-refractivity contribution is -0.137. The van der Waals surface area contributed by atoms with Crippen molar-refractivity contribution in [3.05, 3.63) is 93.8 Å². The first kappa shape index (κ1) is 25.7. The Kier molecular flexibility index (Phi) is 7.29. The smallest absolute Gasteiger partial charge is 0.330 e. The molecule has 1 aliphatic rings. The Morgan fingerprint density at radius 2 is 1.95 bits per heavy atom. The van der Waals surface area contributed by atoms with Gasteiger partial charge < -0.3 is 9.64 Å². The van der Waals surface area contributed by atoms with E-state index in [0.717, 1.165) is 23.2 Å². The van der Waals surface area contributed by atoms with Crippen LogP contribution < -0.4 is 0 Å². The van der Waals surface area contributed by atoms with E-state index in [2.05, 4.69) is 19.1 Å². The molecule has 0 saturated carbocycles. The van der Waals surface area contributed by atoms with Gasteiger partial charge in [-0.15, -0.1) is 0 Å². The molecule has 1 unspecified atom stereocenters. The highest BCUT2D eigenvalue weighted by Crippen LogP contribution is 2.32. The number of ether oxygens (including phenoxy) is 1. The fourth-order valence-corrected chi connectivity index (χ4v) is 5.21. The highest BCUT2D eigenvalue weighted by Gasteiger charge is 2.29. The zero-order valence-corrected chi connectivity index (χ0v) is 22.4. The Morgan fingerprint density at radius 1 is 1.13 bits per heavy atom. The number of aromatic nitrogens is 3. The van der Waals surface area contributed by atoms with Gasteiger partial charge in [0, 0.05) is 29.9 Å². The van der Waals surface area contributed by atoms with Gasteiger partial charge in [-0.05, 0) is 61.6 Å². The molecule has 38 heavy (non-hydrogen) atoms. The van der Waals surface area contributed by atoms with Crippen molar-refractivity contribution in [2.75, 3.05) is 13.2 Å². The Morgan fingerprint density at radius 3 is 2.71 bits per heavy atom. The molecule has 0 saturated heterocycles. The fourth-order valence-electron chi connectivity index (χ4n) is 4.92. The lowest BCUT2D eigenvalue weighted by Gasteiger charge is -2.35. The predicted octanol–water partition coefficient (Wildman–Crippen LogP) is 5.95. The highest BCUT2D eigenvalue weighted by molar-refractivity contribution is 6.33. The Balaban J connectivity index is 1.45. The molecule has 0 bridgehead atoms. The van der Waals surface area contributed by atoms with Crippen LogP contribution in [0.4, 0.5) is 0 Å². The van der Waals surface area contributed by atoms with Crippen molar-refractivity contribution in [3.8, 4) is 11.3 Å². The van der Waals surface area contributed by atoms with Gasteiger partial charge >= 0.3 is 5.97 Å². The van der Waals surface area contributed by atoms with Crippen molar-refractivity contribution in [2.24, 2.45) is 0 Å². The number of esters is 1. The third-order valence-corrected chi connectivity index (χ3v) is 7.22. The molecule has 1 aliphatic heterocycles. The number of rotatable bonds is 6. The summed E-state index contributed by atoms with van der Waals surface area (Å²) in [5, 5.41) is 5.25. The average molecular weight is 529 g/mol. The number of fused-ring (bicyclic) bond motifs is 2. The van der Waals surface area contributed by atoms with Crippen LogP contribution in [0.2, 0.25) is 5.02 Å². The van der Waals surface area contributed by atoms with Crippen LogP contribution in [-0.4, -0.2) is 44.5 Å². The van der Waals surface area contributed by atoms with Crippen LogP contribution in [0.25, 0.3) is 23.0 Å². The van der Waals surface area contributed by atoms with Crippen molar-refractivity contribution in [3.63, 3.8) is 0 Å². The molecule has 0 radical (unpaired) electrons. The summed E-state index contributed by atoms with van der Waals surface area (Å²) in [5.41, 5.74) is 6.54. The van der Waals surface area contributed by atoms with Crippen molar-refractivity contribution in [1.29, 1.82) is 0 Å². The molecule has 4 aromatic rings. The van der Waals surface area contributed by atoms with Gasteiger partial charge in [-0.3, -0.25) is 4.79 Å². The topological polar surface area (TPSA) is 76.8 Å². The first-order valence-corrected chi connectivity index (χ1v) is 13.2. The average Bonchev–Trinajstić information content (AvgIpc) is 3.35. The number of aryl methyl sites for hydroxylation is 1. The summed E-state index contributed by atoms with van der Waals surface area (Å²) in [6.07, 6.45) is 4.54. The SMILES string of the molecule is CCOC(=O)/C=C/c1ccc(-c2cc3nc(C(=O)N4CCc5ccccc5C4C)cc(CC)n3n2)c(Cl)c1. The number of benzene rings is 2. The minimum Gasteiger partial charge on any atom is -0.463 e. The van der Waals surface area contributed by atoms with Gasteiger partial charge in [0.05, 0.1) is 23.4 Å². The van der Waals surface area contributed by atoms with Crippen molar-refractivity contribution >= 4 is 35.2 Å². The minimum atomic E-state index is -0.403. The molecule has 3 heterocycles. The molecule has 2 aromatic heterocycles. The number of carbonyl (C=O) groups is 2. The number of nitrogens with zero attached hydrogens (tertiary/aromatic N) is 4. The summed E-state index contributed by atoms with van der Waals surface area (Å²) < 4.78 is 6.69. The van der Waals surface area contributed by atoms with Crippen LogP contribution in [0, 0.1) is 0 Å². The molecular weight excluding hydrogens is 500 g/mol. The van der Waals surface area contributed by atoms with Crippen LogP contribution in [0.1, 0.15) is 59.7 Å². The van der Waals surface area contributed by atoms with Crippen LogP contribution in [0.15, 0.2) is 60.7 Å². The molecular formula is C30H29ClN4O3. The van der Waals surface area contributed by atoms with E-state index in [9.17, 15) is 9.59 Å². The molecule has 2 aromatic carbocycles. The van der Waals surface area contributed by atoms with Crippen LogP contribution >= 0.6 is 11.6 Å². The zero-order chi connectivity index (χ0) is 26.8. The van der Waals surface area contributed by atoms with Gasteiger partial charge in [0.2, 0.25) is 0 Å². The molecule has 8 heteroatoms. The predicted molar refractivity (Wildman–Crippen MR) is 148 cm³/mol. The maximum atomic E-state index is 13.6. The van der Waals surface area contributed by atoms with Crippen molar-refractivity contribution < 1.29 is 14.3 Å². The molecule has 0 N–H and O–H groups in total. The van der Waals surface area contributed by atoms with Crippen LogP contribution in [-0.2, 0) is 22.4 Å². The molecule has 1 atom stereocenters. The zero-order valence-electron chi connectivity index (χ0n) is 21.6. The van der Waals surface area contributed by atoms with Crippen molar-refractivity contribution in [1.82, 2.24) is 19.5 Å². The molecule has 194 valence electrons. The lowest BCUT2D eigenvalue weighted by atomic mass is 9.93. The van der Waals surface area contributed by atoms with Gasteiger partial charge in [0.25, 0.3) is 5.91 Å². The Hall–Kier alpha value is -3.97. The highest BCUT2D eigenvalue weighted by atomic mass is 35.5. The normalized spacial score (nSPS) is 15.2. The Bertz CT molecular complexity index is 1560. The van der Waals surface area contributed by atoms with E-state index in [0.29, 0.717) is 41.6 Å². The molecule has 0 spiro atoms. The van der Waals surface area contributed by atoms with E-state index in [1.165, 1.54) is 17.2 Å². The van der Waals surface area contributed by atoms with Gasteiger partial charge in [-0.2, -0.15) is 5.10 Å². The maximum Gasteiger partial charge on any atom is 0.330 e. The number of carbonyl (C=O) groups excluding carboxylic acids is 2. The molecule has 1 amide bonds. The molecule has 5 rings (SSSR count). The third kappa shape index (κ3) is 4.94. The molecule has 7 nitrogen and oxygen atoms in total. The second-order valence-electron chi connectivity index (χ2n) is 9.23. The number of halogens is 1. The van der Waals surface area contributed by atoms with Crippen LogP contribution in [0.5, 0.6) is 0 Å². The summed E-state index contributed by atoms with van der Waals surface area (Å²) >= 11 is 6.60. The van der Waals surface area contributed by atoms with E-state index in [1.807, 2.05) is 48.2 Å². The van der Waals surface area contributed by atoms with E-state index in [4.69, 9.17) is 26.4 Å². The van der Waals surface area contributed by atoms with Gasteiger partial charge in [-0.1, -0.05) is 54.9 Å². The minimum absolute atomic E-state index is 0.0220. The van der Waals surface area contributed by atoms with E-state index in [-0.39, 0.29) is 11.9 Å². The second kappa shape index (κ2) is 10.8. The van der Waals surface area contributed by atoms with Gasteiger partial charge in [0.15, 0.2) is 5.65 Å². The summed E-state index contributed by atoms with van der Waals surface area (Å²) in [6, 6.07) is 17.5. The molecule has 0 fully saturated rings. The third-order valence-electron chi connectivity index (χ3n) is 6.91. The van der Waals surface area contributed by atoms with Crippen LogP contribution in [0.3, 0.4) is 0 Å². The standard InChI is InChI=1S/C30H29ClN4O3/c1-4-22-17-27(30(37)34-15-14-21-8-6-7-9-23(21)19(34)3)32-28-18-26(33-35(22)28)24-12-10-20(16-25(24)31)11-13-29(36)38-5-2/h6-13,16-19H,4-5,14-15H2,1-3H3/b13-11+. The summed E-state index contributed by atoms with van der Waals surface area (Å²) in [4.78, 5) is 31.8. The summed E-state index contributed by atoms with van der Waals surface area (Å²) in [6.45, 7) is 6.84. The summed E-state index contributed by atoms with van der Waals surface area (Å²) in [5.74, 6) is -0.484. The largest absolute Gasteiger partial charge is 0.463 e. The first-order valence-electron chi connectivity index (χ1n) is 12.8. The van der Waals surface area contributed by atoms with E-state index < -0.39 is 5.97 Å². The maximum absolute atomic E-state index is 13.6. The monoisotopic (exact) mass is 528 g/mol. The summed E-state index contributed by atoms with van der Waals surface area (Å²) in [7, 11) is 0. The van der Waals surface area contributed by atoms with Crippen molar-refractivity contribution in [2.45, 2.75) is 39.7 Å². The van der Waals surface area contributed by atoms with E-state index >= 15 is 0 Å². The number of amides is 1. The first-order chi connectivity index (χ1) is 18.4. The number of hydrogen-bond donors (Lipinski definition) is 0. The van der Waals surface area contributed by atoms with E-state index in [1.54, 1.807) is 23.6 Å². The molecule has 0 aliphatic carbocycles. The quantitative estimate of drug-likeness (QED) is 0.228. The number of hydrogen-bond acceptors (Lipinski definition) is 5. The Labute approximate surface area is 226 Å². The van der Waals surface area contributed by atoms with Gasteiger partial charge in [-0.25, -0.2) is 14.3 Å².